The lowest BCUT2D eigenvalue weighted by Crippen LogP contribution is -2.17. The van der Waals surface area contributed by atoms with Crippen molar-refractivity contribution >= 4 is 34.5 Å². The average molecular weight is 420 g/mol. The molecule has 150 valence electrons. The van der Waals surface area contributed by atoms with Crippen LogP contribution in [0.3, 0.4) is 0 Å². The summed E-state index contributed by atoms with van der Waals surface area (Å²) in [6.45, 7) is 1.02. The molecule has 2 aromatic heterocycles. The Morgan fingerprint density at radius 3 is 2.77 bits per heavy atom. The lowest BCUT2D eigenvalue weighted by molar-refractivity contribution is -0.113. The van der Waals surface area contributed by atoms with E-state index in [2.05, 4.69) is 25.6 Å². The molecule has 4 aromatic rings. The van der Waals surface area contributed by atoms with Crippen LogP contribution in [-0.2, 0) is 4.79 Å². The molecule has 10 heteroatoms. The van der Waals surface area contributed by atoms with Gasteiger partial charge < -0.3 is 14.8 Å². The molecule has 5 rings (SSSR count). The van der Waals surface area contributed by atoms with Crippen LogP contribution >= 0.6 is 11.8 Å². The van der Waals surface area contributed by atoms with E-state index >= 15 is 0 Å². The van der Waals surface area contributed by atoms with Gasteiger partial charge in [-0.1, -0.05) is 35.2 Å². The van der Waals surface area contributed by atoms with Gasteiger partial charge in [-0.3, -0.25) is 4.79 Å². The number of nitrogens with zero attached hydrogens (tertiary/aromatic N) is 5. The smallest absolute Gasteiger partial charge is 0.234 e. The van der Waals surface area contributed by atoms with Gasteiger partial charge in [0.2, 0.25) is 5.91 Å². The third-order valence-corrected chi connectivity index (χ3v) is 5.35. The third-order valence-electron chi connectivity index (χ3n) is 4.37. The Bertz CT molecular complexity index is 1210. The van der Waals surface area contributed by atoms with Crippen molar-refractivity contribution in [3.05, 3.63) is 54.9 Å². The predicted molar refractivity (Wildman–Crippen MR) is 111 cm³/mol. The monoisotopic (exact) mass is 420 g/mol. The van der Waals surface area contributed by atoms with Gasteiger partial charge in [-0.05, 0) is 24.3 Å². The SMILES string of the molecule is O=C(CSc1ncnc2c1nnn2-c1ccccc1)Nc1ccc2c(c1)OCCO2. The van der Waals surface area contributed by atoms with E-state index in [0.29, 0.717) is 46.6 Å². The molecule has 1 amide bonds. The normalized spacial score (nSPS) is 12.7. The van der Waals surface area contributed by atoms with Crippen molar-refractivity contribution in [1.82, 2.24) is 25.0 Å². The van der Waals surface area contributed by atoms with E-state index in [9.17, 15) is 4.79 Å². The molecular weight excluding hydrogens is 404 g/mol. The number of amides is 1. The summed E-state index contributed by atoms with van der Waals surface area (Å²) in [5.74, 6) is 1.30. The van der Waals surface area contributed by atoms with Crippen LogP contribution in [0.25, 0.3) is 16.9 Å². The molecule has 0 aliphatic carbocycles. The lowest BCUT2D eigenvalue weighted by atomic mass is 10.2. The van der Waals surface area contributed by atoms with E-state index in [0.717, 1.165) is 5.69 Å². The zero-order chi connectivity index (χ0) is 20.3. The van der Waals surface area contributed by atoms with Crippen LogP contribution < -0.4 is 14.8 Å². The van der Waals surface area contributed by atoms with E-state index < -0.39 is 0 Å². The number of anilines is 1. The summed E-state index contributed by atoms with van der Waals surface area (Å²) in [7, 11) is 0. The Morgan fingerprint density at radius 2 is 1.90 bits per heavy atom. The second-order valence-corrected chi connectivity index (χ2v) is 7.35. The lowest BCUT2D eigenvalue weighted by Gasteiger charge is -2.18. The van der Waals surface area contributed by atoms with E-state index in [4.69, 9.17) is 9.47 Å². The maximum absolute atomic E-state index is 12.4. The molecule has 1 aliphatic rings. The highest BCUT2D eigenvalue weighted by Crippen LogP contribution is 2.32. The fraction of sp³-hybridized carbons (Fsp3) is 0.150. The summed E-state index contributed by atoms with van der Waals surface area (Å²) < 4.78 is 12.7. The van der Waals surface area contributed by atoms with Crippen LogP contribution in [-0.4, -0.2) is 49.8 Å². The number of carbonyl (C=O) groups excluding carboxylic acids is 1. The standard InChI is InChI=1S/C20H16N6O3S/c27-17(23-13-6-7-15-16(10-13)29-9-8-28-15)11-30-20-18-19(21-12-22-20)26(25-24-18)14-4-2-1-3-5-14/h1-7,10,12H,8-9,11H2,(H,23,27). The van der Waals surface area contributed by atoms with E-state index in [1.807, 2.05) is 30.3 Å². The van der Waals surface area contributed by atoms with Gasteiger partial charge in [0, 0.05) is 11.8 Å². The molecule has 30 heavy (non-hydrogen) atoms. The quantitative estimate of drug-likeness (QED) is 0.388. The summed E-state index contributed by atoms with van der Waals surface area (Å²) in [6, 6.07) is 14.9. The number of carbonyl (C=O) groups is 1. The zero-order valence-electron chi connectivity index (χ0n) is 15.7. The van der Waals surface area contributed by atoms with Crippen molar-refractivity contribution in [3.8, 4) is 17.2 Å². The van der Waals surface area contributed by atoms with Crippen molar-refractivity contribution in [1.29, 1.82) is 0 Å². The summed E-state index contributed by atoms with van der Waals surface area (Å²) in [5, 5.41) is 11.9. The van der Waals surface area contributed by atoms with Crippen molar-refractivity contribution in [2.75, 3.05) is 24.3 Å². The maximum atomic E-state index is 12.4. The fourth-order valence-corrected chi connectivity index (χ4v) is 3.76. The second-order valence-electron chi connectivity index (χ2n) is 6.38. The van der Waals surface area contributed by atoms with E-state index in [-0.39, 0.29) is 11.7 Å². The molecule has 1 aliphatic heterocycles. The largest absolute Gasteiger partial charge is 0.486 e. The van der Waals surface area contributed by atoms with Crippen molar-refractivity contribution in [3.63, 3.8) is 0 Å². The summed E-state index contributed by atoms with van der Waals surface area (Å²) in [4.78, 5) is 21.0. The van der Waals surface area contributed by atoms with E-state index in [1.54, 1.807) is 22.9 Å². The topological polar surface area (TPSA) is 104 Å². The van der Waals surface area contributed by atoms with Crippen LogP contribution in [0, 0.1) is 0 Å². The fourth-order valence-electron chi connectivity index (χ4n) is 3.03. The van der Waals surface area contributed by atoms with Gasteiger partial charge in [-0.2, -0.15) is 4.68 Å². The Labute approximate surface area is 175 Å². The molecule has 0 saturated heterocycles. The second kappa shape index (κ2) is 7.99. The third kappa shape index (κ3) is 3.64. The number of aromatic nitrogens is 5. The van der Waals surface area contributed by atoms with Crippen LogP contribution in [0.1, 0.15) is 0 Å². The number of thioether (sulfide) groups is 1. The van der Waals surface area contributed by atoms with Crippen LogP contribution in [0.15, 0.2) is 59.9 Å². The van der Waals surface area contributed by atoms with Gasteiger partial charge >= 0.3 is 0 Å². The molecule has 2 aromatic carbocycles. The maximum Gasteiger partial charge on any atom is 0.234 e. The molecule has 0 unspecified atom stereocenters. The first kappa shape index (κ1) is 18.4. The molecular formula is C20H16N6O3S. The van der Waals surface area contributed by atoms with Gasteiger partial charge in [0.15, 0.2) is 22.7 Å². The van der Waals surface area contributed by atoms with E-state index in [1.165, 1.54) is 18.1 Å². The van der Waals surface area contributed by atoms with Crippen molar-refractivity contribution < 1.29 is 14.3 Å². The highest BCUT2D eigenvalue weighted by molar-refractivity contribution is 8.00. The number of hydrogen-bond donors (Lipinski definition) is 1. The van der Waals surface area contributed by atoms with Crippen molar-refractivity contribution in [2.45, 2.75) is 5.03 Å². The van der Waals surface area contributed by atoms with Gasteiger partial charge in [0.25, 0.3) is 0 Å². The number of benzene rings is 2. The highest BCUT2D eigenvalue weighted by Gasteiger charge is 2.16. The number of ether oxygens (including phenoxy) is 2. The first-order valence-electron chi connectivity index (χ1n) is 9.22. The number of hydrogen-bond acceptors (Lipinski definition) is 8. The molecule has 0 saturated carbocycles. The molecule has 0 fully saturated rings. The first-order chi connectivity index (χ1) is 14.8. The molecule has 0 bridgehead atoms. The van der Waals surface area contributed by atoms with Crippen molar-refractivity contribution in [2.24, 2.45) is 0 Å². The summed E-state index contributed by atoms with van der Waals surface area (Å²) in [5.41, 5.74) is 2.64. The summed E-state index contributed by atoms with van der Waals surface area (Å²) in [6.07, 6.45) is 1.45. The van der Waals surface area contributed by atoms with Gasteiger partial charge in [0.1, 0.15) is 24.6 Å². The van der Waals surface area contributed by atoms with Gasteiger partial charge in [0.05, 0.1) is 11.4 Å². The Hall–Kier alpha value is -3.66. The minimum atomic E-state index is -0.168. The Balaban J connectivity index is 1.29. The van der Waals surface area contributed by atoms with Gasteiger partial charge in [-0.15, -0.1) is 5.10 Å². The number of fused-ring (bicyclic) bond motifs is 2. The van der Waals surface area contributed by atoms with Crippen LogP contribution in [0.5, 0.6) is 11.5 Å². The van der Waals surface area contributed by atoms with Crippen LogP contribution in [0.2, 0.25) is 0 Å². The molecule has 0 radical (unpaired) electrons. The minimum Gasteiger partial charge on any atom is -0.486 e. The van der Waals surface area contributed by atoms with Crippen LogP contribution in [0.4, 0.5) is 5.69 Å². The Morgan fingerprint density at radius 1 is 1.07 bits per heavy atom. The summed E-state index contributed by atoms with van der Waals surface area (Å²) >= 11 is 1.28. The zero-order valence-corrected chi connectivity index (χ0v) is 16.5. The Kier molecular flexibility index (Phi) is 4.89. The average Bonchev–Trinajstić information content (AvgIpc) is 3.23. The molecule has 0 atom stereocenters. The first-order valence-corrected chi connectivity index (χ1v) is 10.2. The number of nitrogens with one attached hydrogen (secondary N) is 1. The minimum absolute atomic E-state index is 0.165. The molecule has 3 heterocycles. The molecule has 9 nitrogen and oxygen atoms in total. The molecule has 1 N–H and O–H groups in total. The van der Waals surface area contributed by atoms with Gasteiger partial charge in [-0.25, -0.2) is 9.97 Å². The number of rotatable bonds is 5. The predicted octanol–water partition coefficient (Wildman–Crippen LogP) is 2.71. The number of para-hydroxylation sites is 1. The highest BCUT2D eigenvalue weighted by atomic mass is 32.2. The molecule has 0 spiro atoms.